The van der Waals surface area contributed by atoms with Gasteiger partial charge in [0, 0.05) is 23.6 Å². The summed E-state index contributed by atoms with van der Waals surface area (Å²) in [5.41, 5.74) is 0.499. The predicted molar refractivity (Wildman–Crippen MR) is 58.9 cm³/mol. The number of amides is 1. The van der Waals surface area contributed by atoms with Crippen molar-refractivity contribution in [3.05, 3.63) is 35.7 Å². The number of halogens is 3. The van der Waals surface area contributed by atoms with Gasteiger partial charge in [0.25, 0.3) is 5.91 Å². The molecule has 5 nitrogen and oxygen atoms in total. The second-order valence-corrected chi connectivity index (χ2v) is 3.58. The maximum atomic E-state index is 12.3. The van der Waals surface area contributed by atoms with Crippen LogP contribution in [0.3, 0.4) is 0 Å². The highest BCUT2D eigenvalue weighted by Gasteiger charge is 2.38. The second kappa shape index (κ2) is 4.84. The van der Waals surface area contributed by atoms with Crippen molar-refractivity contribution in [3.8, 4) is 11.4 Å². The lowest BCUT2D eigenvalue weighted by molar-refractivity contribution is -0.159. The van der Waals surface area contributed by atoms with E-state index in [0.29, 0.717) is 0 Å². The van der Waals surface area contributed by atoms with Crippen LogP contribution in [0.4, 0.5) is 13.2 Å². The van der Waals surface area contributed by atoms with Gasteiger partial charge in [-0.1, -0.05) is 17.3 Å². The van der Waals surface area contributed by atoms with Crippen molar-refractivity contribution in [1.82, 2.24) is 10.1 Å². The van der Waals surface area contributed by atoms with Crippen LogP contribution in [0.5, 0.6) is 0 Å². The first kappa shape index (κ1) is 13.3. The van der Waals surface area contributed by atoms with Crippen LogP contribution >= 0.6 is 0 Å². The number of nitrogens with zero attached hydrogens (tertiary/aromatic N) is 3. The van der Waals surface area contributed by atoms with Crippen LogP contribution in [0.25, 0.3) is 11.4 Å². The molecule has 0 saturated carbocycles. The summed E-state index contributed by atoms with van der Waals surface area (Å²) in [6, 6.07) is 5.46. The van der Waals surface area contributed by atoms with E-state index in [1.807, 2.05) is 0 Å². The molecule has 0 unspecified atom stereocenters. The number of carbonyl (C=O) groups excluding carboxylic acids is 1. The first-order chi connectivity index (χ1) is 8.91. The number of aromatic nitrogens is 2. The lowest BCUT2D eigenvalue weighted by Gasteiger charge is -1.97. The Morgan fingerprint density at radius 2 is 1.89 bits per heavy atom. The van der Waals surface area contributed by atoms with Crippen LogP contribution in [-0.4, -0.2) is 16.0 Å². The van der Waals surface area contributed by atoms with Gasteiger partial charge in [-0.2, -0.15) is 18.2 Å². The highest BCUT2D eigenvalue weighted by atomic mass is 32.1. The zero-order chi connectivity index (χ0) is 14.0. The summed E-state index contributed by atoms with van der Waals surface area (Å²) in [4.78, 5) is 14.3. The van der Waals surface area contributed by atoms with Gasteiger partial charge in [-0.25, -0.2) is 0 Å². The number of rotatable bonds is 2. The number of hydrogen-bond donors (Lipinski definition) is 0. The molecule has 0 spiro atoms. The first-order valence-electron chi connectivity index (χ1n) is 4.81. The highest BCUT2D eigenvalue weighted by Crippen LogP contribution is 2.29. The standard InChI is InChI=1S/C10H4F3N3O2S/c11-10(12,13)9-14-7(15-18-9)5-1-3-6(4-2-5)8(17)16-19/h1-4H. The van der Waals surface area contributed by atoms with Gasteiger partial charge in [-0.05, 0) is 12.1 Å². The summed E-state index contributed by atoms with van der Waals surface area (Å²) in [5, 5.41) is 3.21. The average molecular weight is 287 g/mol. The third kappa shape index (κ3) is 2.81. The van der Waals surface area contributed by atoms with Crippen molar-refractivity contribution in [1.29, 1.82) is 0 Å². The molecule has 2 rings (SSSR count). The van der Waals surface area contributed by atoms with E-state index in [2.05, 4.69) is 31.5 Å². The Morgan fingerprint density at radius 1 is 1.26 bits per heavy atom. The molecule has 0 bridgehead atoms. The molecule has 0 radical (unpaired) electrons. The van der Waals surface area contributed by atoms with Crippen LogP contribution < -0.4 is 0 Å². The predicted octanol–water partition coefficient (Wildman–Crippen LogP) is 2.63. The molecule has 9 heteroatoms. The molecule has 1 amide bonds. The Balaban J connectivity index is 2.30. The molecule has 0 aliphatic rings. The zero-order valence-electron chi connectivity index (χ0n) is 9.01. The molecule has 0 N–H and O–H groups in total. The maximum Gasteiger partial charge on any atom is 0.471 e. The summed E-state index contributed by atoms with van der Waals surface area (Å²) >= 11 is 4.24. The molecule has 1 heterocycles. The summed E-state index contributed by atoms with van der Waals surface area (Å²) in [5.74, 6) is -2.25. The quantitative estimate of drug-likeness (QED) is 0.849. The Morgan fingerprint density at radius 3 is 2.37 bits per heavy atom. The first-order valence-corrected chi connectivity index (χ1v) is 5.17. The molecular formula is C10H4F3N3O2S. The maximum absolute atomic E-state index is 12.3. The van der Waals surface area contributed by atoms with Crippen molar-refractivity contribution in [2.24, 2.45) is 4.36 Å². The zero-order valence-corrected chi connectivity index (χ0v) is 9.83. The van der Waals surface area contributed by atoms with E-state index in [9.17, 15) is 18.0 Å². The molecule has 98 valence electrons. The second-order valence-electron chi connectivity index (χ2n) is 3.39. The topological polar surface area (TPSA) is 68.3 Å². The molecule has 0 fully saturated rings. The molecule has 0 saturated heterocycles. The molecule has 1 aromatic carbocycles. The number of benzene rings is 1. The monoisotopic (exact) mass is 287 g/mol. The third-order valence-electron chi connectivity index (χ3n) is 2.14. The minimum Gasteiger partial charge on any atom is -0.329 e. The Labute approximate surface area is 109 Å². The molecule has 2 aromatic rings. The van der Waals surface area contributed by atoms with Gasteiger partial charge in [-0.15, -0.1) is 4.36 Å². The van der Waals surface area contributed by atoms with Gasteiger partial charge < -0.3 is 4.52 Å². The molecule has 0 aliphatic heterocycles. The summed E-state index contributed by atoms with van der Waals surface area (Å²) in [6.07, 6.45) is -4.69. The van der Waals surface area contributed by atoms with Crippen LogP contribution in [-0.2, 0) is 18.6 Å². The Bertz CT molecular complexity index is 622. The minimum atomic E-state index is -4.69. The van der Waals surface area contributed by atoms with Crippen molar-refractivity contribution >= 4 is 18.3 Å². The van der Waals surface area contributed by atoms with Crippen LogP contribution in [0.1, 0.15) is 16.2 Å². The van der Waals surface area contributed by atoms with E-state index in [-0.39, 0.29) is 17.0 Å². The van der Waals surface area contributed by atoms with E-state index in [1.165, 1.54) is 24.3 Å². The fourth-order valence-electron chi connectivity index (χ4n) is 1.27. The largest absolute Gasteiger partial charge is 0.471 e. The number of hydrogen-bond acceptors (Lipinski definition) is 5. The van der Waals surface area contributed by atoms with Gasteiger partial charge >= 0.3 is 12.1 Å². The molecule has 0 atom stereocenters. The summed E-state index contributed by atoms with van der Waals surface area (Å²) in [7, 11) is 0. The van der Waals surface area contributed by atoms with Crippen molar-refractivity contribution < 1.29 is 22.5 Å². The lowest BCUT2D eigenvalue weighted by Crippen LogP contribution is -2.04. The smallest absolute Gasteiger partial charge is 0.329 e. The van der Waals surface area contributed by atoms with E-state index in [4.69, 9.17) is 0 Å². The van der Waals surface area contributed by atoms with Gasteiger partial charge in [0.2, 0.25) is 5.82 Å². The van der Waals surface area contributed by atoms with Gasteiger partial charge in [0.15, 0.2) is 0 Å². The lowest BCUT2D eigenvalue weighted by atomic mass is 10.1. The molecule has 0 aliphatic carbocycles. The number of carbonyl (C=O) groups is 1. The third-order valence-corrected chi connectivity index (χ3v) is 2.31. The van der Waals surface area contributed by atoms with Crippen molar-refractivity contribution in [2.75, 3.05) is 0 Å². The van der Waals surface area contributed by atoms with Gasteiger partial charge in [0.05, 0.1) is 0 Å². The Hall–Kier alpha value is -2.16. The van der Waals surface area contributed by atoms with E-state index in [1.54, 1.807) is 0 Å². The van der Waals surface area contributed by atoms with Gasteiger partial charge in [0.1, 0.15) is 0 Å². The van der Waals surface area contributed by atoms with Crippen LogP contribution in [0, 0.1) is 0 Å². The van der Waals surface area contributed by atoms with Crippen molar-refractivity contribution in [3.63, 3.8) is 0 Å². The molecule has 19 heavy (non-hydrogen) atoms. The summed E-state index contributed by atoms with van der Waals surface area (Å²) in [6.45, 7) is 0. The average Bonchev–Trinajstić information content (AvgIpc) is 2.87. The SMILES string of the molecule is O=C(N=S)c1ccc(-c2noc(C(F)(F)F)n2)cc1. The summed E-state index contributed by atoms with van der Waals surface area (Å²) < 4.78 is 43.9. The molecule has 1 aromatic heterocycles. The number of alkyl halides is 3. The Kier molecular flexibility index (Phi) is 3.38. The van der Waals surface area contributed by atoms with Crippen LogP contribution in [0.15, 0.2) is 33.2 Å². The van der Waals surface area contributed by atoms with Crippen molar-refractivity contribution in [2.45, 2.75) is 6.18 Å². The normalized spacial score (nSPS) is 11.3. The molecular weight excluding hydrogens is 283 g/mol. The fourth-order valence-corrected chi connectivity index (χ4v) is 1.38. The fraction of sp³-hybridized carbons (Fsp3) is 0.100. The van der Waals surface area contributed by atoms with Gasteiger partial charge in [-0.3, -0.25) is 4.79 Å². The van der Waals surface area contributed by atoms with E-state index >= 15 is 0 Å². The van der Waals surface area contributed by atoms with E-state index < -0.39 is 18.0 Å². The van der Waals surface area contributed by atoms with E-state index in [0.717, 1.165) is 0 Å². The minimum absolute atomic E-state index is 0.221. The highest BCUT2D eigenvalue weighted by molar-refractivity contribution is 7.47. The van der Waals surface area contributed by atoms with Crippen LogP contribution in [0.2, 0.25) is 0 Å².